The first-order valence-electron chi connectivity index (χ1n) is 5.98. The van der Waals surface area contributed by atoms with Gasteiger partial charge in [0.25, 0.3) is 0 Å². The minimum absolute atomic E-state index is 0.0110. The normalized spacial score (nSPS) is 11.3. The number of benzene rings is 1. The number of carbonyl (C=O) groups is 1. The van der Waals surface area contributed by atoms with Crippen molar-refractivity contribution in [3.05, 3.63) is 35.1 Å². The van der Waals surface area contributed by atoms with Gasteiger partial charge in [-0.05, 0) is 19.1 Å². The van der Waals surface area contributed by atoms with Gasteiger partial charge in [0, 0.05) is 17.0 Å². The zero-order chi connectivity index (χ0) is 16.3. The van der Waals surface area contributed by atoms with Gasteiger partial charge in [0.2, 0.25) is 0 Å². The van der Waals surface area contributed by atoms with Crippen LogP contribution in [0.5, 0.6) is 5.75 Å². The number of aromatic nitrogens is 1. The Morgan fingerprint density at radius 1 is 1.36 bits per heavy atom. The third-order valence-corrected chi connectivity index (χ3v) is 3.27. The van der Waals surface area contributed by atoms with E-state index in [1.807, 2.05) is 0 Å². The number of ether oxygens (including phenoxy) is 2. The summed E-state index contributed by atoms with van der Waals surface area (Å²) >= 11 is 0.975. The molecule has 0 radical (unpaired) electrons. The summed E-state index contributed by atoms with van der Waals surface area (Å²) in [4.78, 5) is 15.4. The van der Waals surface area contributed by atoms with Crippen LogP contribution < -0.4 is 4.74 Å². The monoisotopic (exact) mass is 335 g/mol. The minimum atomic E-state index is -4.90. The predicted octanol–water partition coefficient (Wildman–Crippen LogP) is 4.02. The molecule has 0 amide bonds. The molecule has 0 spiro atoms. The Hall–Kier alpha value is -2.16. The minimum Gasteiger partial charge on any atom is -0.461 e. The fourth-order valence-electron chi connectivity index (χ4n) is 1.56. The maximum absolute atomic E-state index is 13.9. The molecule has 0 aliphatic carbocycles. The lowest BCUT2D eigenvalue weighted by Gasteiger charge is -2.09. The van der Waals surface area contributed by atoms with Gasteiger partial charge >= 0.3 is 12.3 Å². The molecule has 0 saturated heterocycles. The number of thiazole rings is 1. The lowest BCUT2D eigenvalue weighted by Crippen LogP contribution is -2.17. The highest BCUT2D eigenvalue weighted by Gasteiger charge is 2.31. The van der Waals surface area contributed by atoms with E-state index in [1.54, 1.807) is 6.92 Å². The van der Waals surface area contributed by atoms with Crippen LogP contribution in [0.2, 0.25) is 0 Å². The molecule has 1 aromatic heterocycles. The Morgan fingerprint density at radius 3 is 2.68 bits per heavy atom. The van der Waals surface area contributed by atoms with Crippen LogP contribution in [0.3, 0.4) is 0 Å². The number of carbonyl (C=O) groups excluding carboxylic acids is 1. The molecule has 0 fully saturated rings. The SMILES string of the molecule is CCOC(=O)c1csc(-c2ccc(OC(F)(F)F)cc2F)n1. The molecular weight excluding hydrogens is 326 g/mol. The van der Waals surface area contributed by atoms with E-state index < -0.39 is 23.9 Å². The van der Waals surface area contributed by atoms with E-state index in [0.717, 1.165) is 23.5 Å². The molecule has 2 aromatic rings. The lowest BCUT2D eigenvalue weighted by atomic mass is 10.2. The Bertz CT molecular complexity index is 684. The molecule has 0 unspecified atom stereocenters. The molecule has 0 saturated carbocycles. The van der Waals surface area contributed by atoms with Crippen molar-refractivity contribution in [2.75, 3.05) is 6.61 Å². The topological polar surface area (TPSA) is 48.4 Å². The molecule has 0 aliphatic heterocycles. The van der Waals surface area contributed by atoms with Crippen molar-refractivity contribution in [3.8, 4) is 16.3 Å². The van der Waals surface area contributed by atoms with E-state index >= 15 is 0 Å². The molecule has 22 heavy (non-hydrogen) atoms. The number of rotatable bonds is 4. The first-order valence-corrected chi connectivity index (χ1v) is 6.86. The van der Waals surface area contributed by atoms with Crippen molar-refractivity contribution in [1.82, 2.24) is 4.98 Å². The molecule has 0 bridgehead atoms. The van der Waals surface area contributed by atoms with E-state index in [-0.39, 0.29) is 22.9 Å². The van der Waals surface area contributed by atoms with Gasteiger partial charge < -0.3 is 9.47 Å². The second-order valence-corrected chi connectivity index (χ2v) is 4.81. The molecule has 4 nitrogen and oxygen atoms in total. The van der Waals surface area contributed by atoms with Gasteiger partial charge in [0.15, 0.2) is 5.69 Å². The van der Waals surface area contributed by atoms with Crippen LogP contribution in [-0.2, 0) is 4.74 Å². The third-order valence-electron chi connectivity index (χ3n) is 2.39. The first kappa shape index (κ1) is 16.2. The first-order chi connectivity index (χ1) is 10.3. The number of nitrogens with zero attached hydrogens (tertiary/aromatic N) is 1. The van der Waals surface area contributed by atoms with Crippen molar-refractivity contribution in [1.29, 1.82) is 0 Å². The average molecular weight is 335 g/mol. The summed E-state index contributed by atoms with van der Waals surface area (Å²) in [6, 6.07) is 2.68. The van der Waals surface area contributed by atoms with Crippen LogP contribution in [0.25, 0.3) is 10.6 Å². The van der Waals surface area contributed by atoms with E-state index in [9.17, 15) is 22.4 Å². The number of hydrogen-bond acceptors (Lipinski definition) is 5. The molecule has 2 rings (SSSR count). The van der Waals surface area contributed by atoms with Crippen LogP contribution >= 0.6 is 11.3 Å². The van der Waals surface area contributed by atoms with Gasteiger partial charge in [0.05, 0.1) is 6.61 Å². The number of halogens is 4. The Kier molecular flexibility index (Phi) is 4.65. The molecule has 1 heterocycles. The molecule has 0 atom stereocenters. The Labute approximate surface area is 126 Å². The summed E-state index contributed by atoms with van der Waals surface area (Å²) < 4.78 is 58.4. The van der Waals surface area contributed by atoms with Crippen LogP contribution in [0, 0.1) is 5.82 Å². The summed E-state index contributed by atoms with van der Waals surface area (Å²) in [5.41, 5.74) is -0.0214. The van der Waals surface area contributed by atoms with Gasteiger partial charge in [-0.1, -0.05) is 0 Å². The van der Waals surface area contributed by atoms with Crippen molar-refractivity contribution < 1.29 is 31.8 Å². The van der Waals surface area contributed by atoms with Crippen LogP contribution in [0.4, 0.5) is 17.6 Å². The van der Waals surface area contributed by atoms with E-state index in [2.05, 4.69) is 9.72 Å². The Balaban J connectivity index is 2.24. The van der Waals surface area contributed by atoms with E-state index in [1.165, 1.54) is 5.38 Å². The second-order valence-electron chi connectivity index (χ2n) is 3.95. The predicted molar refractivity (Wildman–Crippen MR) is 70.1 cm³/mol. The average Bonchev–Trinajstić information content (AvgIpc) is 2.86. The third kappa shape index (κ3) is 3.94. The zero-order valence-corrected chi connectivity index (χ0v) is 11.9. The van der Waals surface area contributed by atoms with Gasteiger partial charge in [-0.2, -0.15) is 0 Å². The highest BCUT2D eigenvalue weighted by molar-refractivity contribution is 7.13. The van der Waals surface area contributed by atoms with Crippen LogP contribution in [-0.4, -0.2) is 23.9 Å². The molecule has 9 heteroatoms. The number of esters is 1. The molecular formula is C13H9F4NO3S. The maximum atomic E-state index is 13.9. The van der Waals surface area contributed by atoms with Gasteiger partial charge in [0.1, 0.15) is 16.6 Å². The number of hydrogen-bond donors (Lipinski definition) is 0. The smallest absolute Gasteiger partial charge is 0.461 e. The standard InChI is InChI=1S/C13H9F4NO3S/c1-2-20-12(19)10-6-22-11(18-10)8-4-3-7(5-9(8)14)21-13(15,16)17/h3-6H,2H2,1H3. The molecule has 118 valence electrons. The van der Waals surface area contributed by atoms with Crippen molar-refractivity contribution in [2.45, 2.75) is 13.3 Å². The van der Waals surface area contributed by atoms with E-state index in [0.29, 0.717) is 6.07 Å². The largest absolute Gasteiger partial charge is 0.573 e. The van der Waals surface area contributed by atoms with Crippen molar-refractivity contribution in [2.24, 2.45) is 0 Å². The summed E-state index contributed by atoms with van der Waals surface area (Å²) in [6.07, 6.45) is -4.90. The molecule has 0 aliphatic rings. The highest BCUT2D eigenvalue weighted by Crippen LogP contribution is 2.31. The second kappa shape index (κ2) is 6.30. The summed E-state index contributed by atoms with van der Waals surface area (Å²) in [5.74, 6) is -2.26. The van der Waals surface area contributed by atoms with Crippen molar-refractivity contribution in [3.63, 3.8) is 0 Å². The maximum Gasteiger partial charge on any atom is 0.573 e. The van der Waals surface area contributed by atoms with Crippen LogP contribution in [0.15, 0.2) is 23.6 Å². The zero-order valence-electron chi connectivity index (χ0n) is 11.1. The van der Waals surface area contributed by atoms with Gasteiger partial charge in [-0.3, -0.25) is 0 Å². The lowest BCUT2D eigenvalue weighted by molar-refractivity contribution is -0.274. The van der Waals surface area contributed by atoms with Gasteiger partial charge in [-0.15, -0.1) is 24.5 Å². The summed E-state index contributed by atoms with van der Waals surface area (Å²) in [7, 11) is 0. The number of alkyl halides is 3. The fourth-order valence-corrected chi connectivity index (χ4v) is 2.38. The summed E-state index contributed by atoms with van der Waals surface area (Å²) in [6.45, 7) is 1.80. The quantitative estimate of drug-likeness (QED) is 0.625. The molecule has 1 aromatic carbocycles. The fraction of sp³-hybridized carbons (Fsp3) is 0.231. The highest BCUT2D eigenvalue weighted by atomic mass is 32.1. The van der Waals surface area contributed by atoms with Gasteiger partial charge in [-0.25, -0.2) is 14.2 Å². The molecule has 0 N–H and O–H groups in total. The van der Waals surface area contributed by atoms with Crippen molar-refractivity contribution >= 4 is 17.3 Å². The van der Waals surface area contributed by atoms with Crippen LogP contribution in [0.1, 0.15) is 17.4 Å². The summed E-state index contributed by atoms with van der Waals surface area (Å²) in [5, 5.41) is 1.53. The van der Waals surface area contributed by atoms with E-state index in [4.69, 9.17) is 4.74 Å². The Morgan fingerprint density at radius 2 is 2.09 bits per heavy atom.